The van der Waals surface area contributed by atoms with Crippen LogP contribution in [0.3, 0.4) is 0 Å². The largest absolute Gasteiger partial charge is 0.436 e. The summed E-state index contributed by atoms with van der Waals surface area (Å²) >= 11 is 7.74. The van der Waals surface area contributed by atoms with Crippen molar-refractivity contribution >= 4 is 23.4 Å². The minimum absolute atomic E-state index is 0.0623. The average molecular weight is 297 g/mol. The molecule has 0 aliphatic heterocycles. The molecule has 3 nitrogen and oxygen atoms in total. The Bertz CT molecular complexity index is 561. The zero-order valence-electron chi connectivity index (χ0n) is 11.2. The van der Waals surface area contributed by atoms with Crippen LogP contribution in [0.4, 0.5) is 0 Å². The van der Waals surface area contributed by atoms with Gasteiger partial charge in [0.05, 0.1) is 5.69 Å². The number of nitrogens with zero attached hydrogens (tertiary/aromatic N) is 1. The fourth-order valence-corrected chi connectivity index (χ4v) is 3.04. The zero-order valence-corrected chi connectivity index (χ0v) is 12.8. The van der Waals surface area contributed by atoms with Crippen molar-refractivity contribution < 1.29 is 4.42 Å². The molecule has 0 saturated carbocycles. The van der Waals surface area contributed by atoms with Gasteiger partial charge in [0.15, 0.2) is 0 Å². The van der Waals surface area contributed by atoms with Crippen LogP contribution in [0, 0.1) is 13.8 Å². The maximum atomic E-state index is 6.26. The van der Waals surface area contributed by atoms with Crippen LogP contribution < -0.4 is 5.73 Å². The van der Waals surface area contributed by atoms with E-state index in [-0.39, 0.29) is 6.04 Å². The van der Waals surface area contributed by atoms with E-state index >= 15 is 0 Å². The number of aryl methyl sites for hydroxylation is 2. The number of oxazole rings is 1. The van der Waals surface area contributed by atoms with Crippen LogP contribution in [0.5, 0.6) is 0 Å². The van der Waals surface area contributed by atoms with Gasteiger partial charge in [0.25, 0.3) is 5.22 Å². The molecule has 102 valence electrons. The summed E-state index contributed by atoms with van der Waals surface area (Å²) in [5.41, 5.74) is 7.85. The van der Waals surface area contributed by atoms with Crippen molar-refractivity contribution in [1.82, 2.24) is 4.98 Å². The summed E-state index contributed by atoms with van der Waals surface area (Å²) in [4.78, 5) is 5.42. The Labute approximate surface area is 122 Å². The quantitative estimate of drug-likeness (QED) is 0.927. The fourth-order valence-electron chi connectivity index (χ4n) is 1.74. The first kappa shape index (κ1) is 14.4. The van der Waals surface area contributed by atoms with Gasteiger partial charge in [-0.05, 0) is 56.7 Å². The summed E-state index contributed by atoms with van der Waals surface area (Å²) in [7, 11) is 0. The minimum atomic E-state index is 0.0623. The minimum Gasteiger partial charge on any atom is -0.436 e. The molecule has 0 spiro atoms. The molecule has 2 aromatic rings. The van der Waals surface area contributed by atoms with Crippen LogP contribution in [0.1, 0.15) is 23.9 Å². The van der Waals surface area contributed by atoms with E-state index in [1.54, 1.807) is 0 Å². The molecule has 0 bridgehead atoms. The van der Waals surface area contributed by atoms with E-state index in [0.29, 0.717) is 5.22 Å². The number of halogens is 1. The molecule has 0 amide bonds. The average Bonchev–Trinajstić information content (AvgIpc) is 2.62. The lowest BCUT2D eigenvalue weighted by atomic mass is 10.1. The number of hydrogen-bond donors (Lipinski definition) is 1. The lowest BCUT2D eigenvalue weighted by Gasteiger charge is -2.11. The third-order valence-electron chi connectivity index (χ3n) is 2.81. The molecule has 19 heavy (non-hydrogen) atoms. The molecule has 0 saturated heterocycles. The molecule has 1 aromatic heterocycles. The number of benzene rings is 1. The predicted molar refractivity (Wildman–Crippen MR) is 78.9 cm³/mol. The molecule has 1 atom stereocenters. The first-order valence-electron chi connectivity index (χ1n) is 6.12. The van der Waals surface area contributed by atoms with Crippen molar-refractivity contribution in [2.45, 2.75) is 43.4 Å². The molecule has 0 radical (unpaired) electrons. The zero-order chi connectivity index (χ0) is 14.0. The van der Waals surface area contributed by atoms with Crippen LogP contribution >= 0.6 is 23.4 Å². The van der Waals surface area contributed by atoms with Crippen molar-refractivity contribution in [3.63, 3.8) is 0 Å². The van der Waals surface area contributed by atoms with Crippen LogP contribution in [-0.2, 0) is 6.42 Å². The van der Waals surface area contributed by atoms with E-state index in [9.17, 15) is 0 Å². The molecular weight excluding hydrogens is 280 g/mol. The lowest BCUT2D eigenvalue weighted by Crippen LogP contribution is -2.18. The predicted octanol–water partition coefficient (Wildman–Crippen LogP) is 3.99. The van der Waals surface area contributed by atoms with Gasteiger partial charge >= 0.3 is 0 Å². The fraction of sp³-hybridized carbons (Fsp3) is 0.357. The Hall–Kier alpha value is -0.970. The van der Waals surface area contributed by atoms with E-state index in [2.05, 4.69) is 4.98 Å². The van der Waals surface area contributed by atoms with Crippen molar-refractivity contribution in [2.75, 3.05) is 0 Å². The summed E-state index contributed by atoms with van der Waals surface area (Å²) in [5, 5.41) is 1.38. The lowest BCUT2D eigenvalue weighted by molar-refractivity contribution is 0.431. The van der Waals surface area contributed by atoms with Crippen LogP contribution in [0.25, 0.3) is 0 Å². The van der Waals surface area contributed by atoms with E-state index in [1.807, 2.05) is 39.0 Å². The Morgan fingerprint density at radius 1 is 1.42 bits per heavy atom. The third kappa shape index (κ3) is 3.53. The molecule has 0 aliphatic carbocycles. The Morgan fingerprint density at radius 3 is 2.74 bits per heavy atom. The normalized spacial score (nSPS) is 12.7. The molecule has 0 fully saturated rings. The first-order valence-corrected chi connectivity index (χ1v) is 7.31. The second kappa shape index (κ2) is 5.99. The van der Waals surface area contributed by atoms with Gasteiger partial charge in [0, 0.05) is 16.0 Å². The first-order chi connectivity index (χ1) is 8.97. The van der Waals surface area contributed by atoms with Gasteiger partial charge in [0.1, 0.15) is 5.76 Å². The second-order valence-electron chi connectivity index (χ2n) is 4.62. The highest BCUT2D eigenvalue weighted by Gasteiger charge is 2.13. The number of nitrogens with two attached hydrogens (primary N) is 1. The van der Waals surface area contributed by atoms with E-state index in [0.717, 1.165) is 33.4 Å². The Morgan fingerprint density at radius 2 is 2.16 bits per heavy atom. The monoisotopic (exact) mass is 296 g/mol. The van der Waals surface area contributed by atoms with Gasteiger partial charge in [0.2, 0.25) is 0 Å². The summed E-state index contributed by atoms with van der Waals surface area (Å²) < 4.78 is 5.60. The molecule has 0 aliphatic rings. The van der Waals surface area contributed by atoms with Crippen LogP contribution in [-0.4, -0.2) is 11.0 Å². The van der Waals surface area contributed by atoms with Gasteiger partial charge in [-0.3, -0.25) is 0 Å². The molecule has 1 unspecified atom stereocenters. The molecule has 2 N–H and O–H groups in total. The maximum Gasteiger partial charge on any atom is 0.261 e. The highest BCUT2D eigenvalue weighted by molar-refractivity contribution is 7.99. The highest BCUT2D eigenvalue weighted by Crippen LogP contribution is 2.34. The second-order valence-corrected chi connectivity index (χ2v) is 6.02. The van der Waals surface area contributed by atoms with Gasteiger partial charge in [-0.25, -0.2) is 4.98 Å². The molecular formula is C14H17ClN2OS. The smallest absolute Gasteiger partial charge is 0.261 e. The van der Waals surface area contributed by atoms with E-state index in [1.165, 1.54) is 11.8 Å². The van der Waals surface area contributed by atoms with Gasteiger partial charge in [-0.1, -0.05) is 17.7 Å². The Kier molecular flexibility index (Phi) is 4.55. The summed E-state index contributed by atoms with van der Waals surface area (Å²) in [6.07, 6.45) is 0.737. The molecule has 1 aromatic carbocycles. The summed E-state index contributed by atoms with van der Waals surface area (Å²) in [5.74, 6) is 0.846. The van der Waals surface area contributed by atoms with Crippen LogP contribution in [0.15, 0.2) is 32.7 Å². The third-order valence-corrected chi connectivity index (χ3v) is 4.11. The Balaban J connectivity index is 2.31. The topological polar surface area (TPSA) is 52.0 Å². The molecule has 1 heterocycles. The van der Waals surface area contributed by atoms with Gasteiger partial charge in [-0.2, -0.15) is 0 Å². The molecule has 2 rings (SSSR count). The van der Waals surface area contributed by atoms with Gasteiger partial charge < -0.3 is 10.2 Å². The highest BCUT2D eigenvalue weighted by atomic mass is 35.5. The molecule has 5 heteroatoms. The van der Waals surface area contributed by atoms with E-state index < -0.39 is 0 Å². The van der Waals surface area contributed by atoms with Crippen molar-refractivity contribution in [1.29, 1.82) is 0 Å². The van der Waals surface area contributed by atoms with Crippen molar-refractivity contribution in [3.05, 3.63) is 40.2 Å². The number of hydrogen-bond acceptors (Lipinski definition) is 4. The van der Waals surface area contributed by atoms with Crippen molar-refractivity contribution in [2.24, 2.45) is 5.73 Å². The van der Waals surface area contributed by atoms with Crippen LogP contribution in [0.2, 0.25) is 5.02 Å². The van der Waals surface area contributed by atoms with E-state index in [4.69, 9.17) is 21.8 Å². The van der Waals surface area contributed by atoms with Crippen molar-refractivity contribution in [3.8, 4) is 0 Å². The SMILES string of the molecule is Cc1nc(Sc2cccc(Cl)c2CC(C)N)oc1C. The standard InChI is InChI=1S/C14H17ClN2OS/c1-8(16)7-11-12(15)5-4-6-13(11)19-14-17-9(2)10(3)18-14/h4-6,8H,7,16H2,1-3H3. The van der Waals surface area contributed by atoms with Gasteiger partial charge in [-0.15, -0.1) is 0 Å². The summed E-state index contributed by atoms with van der Waals surface area (Å²) in [6, 6.07) is 5.89. The summed E-state index contributed by atoms with van der Waals surface area (Å²) in [6.45, 7) is 5.81. The number of aromatic nitrogens is 1. The maximum absolute atomic E-state index is 6.26. The number of rotatable bonds is 4.